The van der Waals surface area contributed by atoms with E-state index in [0.717, 1.165) is 23.7 Å². The van der Waals surface area contributed by atoms with Gasteiger partial charge >= 0.3 is 0 Å². The number of rotatable bonds is 7. The zero-order chi connectivity index (χ0) is 24.6. The summed E-state index contributed by atoms with van der Waals surface area (Å²) in [7, 11) is 0. The van der Waals surface area contributed by atoms with E-state index in [9.17, 15) is 9.59 Å². The van der Waals surface area contributed by atoms with Crippen LogP contribution in [-0.4, -0.2) is 66.7 Å². The largest absolute Gasteiger partial charge is 0.351 e. The normalized spacial score (nSPS) is 15.5. The molecule has 3 N–H and O–H groups in total. The smallest absolute Gasteiger partial charge is 0.260 e. The predicted molar refractivity (Wildman–Crippen MR) is 135 cm³/mol. The average Bonchev–Trinajstić information content (AvgIpc) is 3.59. The Morgan fingerprint density at radius 1 is 1.26 bits per heavy atom. The lowest BCUT2D eigenvalue weighted by molar-refractivity contribution is 0.0938. The maximum absolute atomic E-state index is 13.1. The molecule has 1 fully saturated rings. The zero-order valence-electron chi connectivity index (χ0n) is 20.0. The second kappa shape index (κ2) is 9.23. The Labute approximate surface area is 206 Å². The van der Waals surface area contributed by atoms with Gasteiger partial charge in [-0.15, -0.1) is 11.3 Å². The lowest BCUT2D eigenvalue weighted by Gasteiger charge is -2.31. The van der Waals surface area contributed by atoms with Gasteiger partial charge in [-0.2, -0.15) is 10.2 Å². The molecule has 11 heteroatoms. The molecule has 182 valence electrons. The Kier molecular flexibility index (Phi) is 6.12. The number of pyridine rings is 1. The maximum Gasteiger partial charge on any atom is 0.260 e. The number of fused-ring (bicyclic) bond motifs is 1. The first-order valence-corrected chi connectivity index (χ1v) is 12.4. The minimum absolute atomic E-state index is 0.175. The van der Waals surface area contributed by atoms with Gasteiger partial charge in [-0.25, -0.2) is 4.52 Å². The van der Waals surface area contributed by atoms with Crippen LogP contribution in [0.15, 0.2) is 36.9 Å². The van der Waals surface area contributed by atoms with Crippen LogP contribution >= 0.6 is 11.3 Å². The van der Waals surface area contributed by atoms with E-state index in [-0.39, 0.29) is 17.4 Å². The minimum Gasteiger partial charge on any atom is -0.351 e. The van der Waals surface area contributed by atoms with Gasteiger partial charge in [0.25, 0.3) is 11.8 Å². The van der Waals surface area contributed by atoms with Gasteiger partial charge in [0.1, 0.15) is 10.5 Å². The number of nitrogens with zero attached hydrogens (tertiary/aromatic N) is 5. The van der Waals surface area contributed by atoms with E-state index in [1.54, 1.807) is 23.7 Å². The number of carbonyl (C=O) groups excluding carboxylic acids is 2. The minimum atomic E-state index is -0.311. The van der Waals surface area contributed by atoms with Crippen LogP contribution in [0.25, 0.3) is 15.4 Å². The van der Waals surface area contributed by atoms with Crippen LogP contribution in [0.3, 0.4) is 0 Å². The summed E-state index contributed by atoms with van der Waals surface area (Å²) in [4.78, 5) is 34.2. The van der Waals surface area contributed by atoms with Gasteiger partial charge in [-0.3, -0.25) is 24.6 Å². The fraction of sp³-hybridized carbons (Fsp3) is 0.375. The molecule has 4 aromatic heterocycles. The van der Waals surface area contributed by atoms with E-state index in [0.29, 0.717) is 33.9 Å². The number of hydrogen-bond donors (Lipinski definition) is 3. The van der Waals surface area contributed by atoms with Crippen LogP contribution in [0.2, 0.25) is 0 Å². The third kappa shape index (κ3) is 4.69. The van der Waals surface area contributed by atoms with E-state index in [2.05, 4.69) is 49.7 Å². The predicted octanol–water partition coefficient (Wildman–Crippen LogP) is 3.35. The highest BCUT2D eigenvalue weighted by molar-refractivity contribution is 7.21. The summed E-state index contributed by atoms with van der Waals surface area (Å²) in [5.41, 5.74) is 2.93. The molecule has 4 aromatic rings. The summed E-state index contributed by atoms with van der Waals surface area (Å²) in [6, 6.07) is 3.53. The molecule has 5 heterocycles. The van der Waals surface area contributed by atoms with E-state index >= 15 is 0 Å². The molecule has 0 saturated carbocycles. The molecule has 0 aliphatic carbocycles. The number of aromatic amines is 1. The van der Waals surface area contributed by atoms with Gasteiger partial charge in [-0.05, 0) is 52.3 Å². The average molecular weight is 493 g/mol. The molecule has 0 aromatic carbocycles. The Bertz CT molecular complexity index is 1370. The molecule has 1 aliphatic rings. The Hall–Kier alpha value is -3.57. The number of amides is 2. The molecule has 0 radical (unpaired) electrons. The van der Waals surface area contributed by atoms with Crippen LogP contribution in [0.5, 0.6) is 0 Å². The van der Waals surface area contributed by atoms with Gasteiger partial charge in [0.15, 0.2) is 0 Å². The number of likely N-dealkylation sites (tertiary alicyclic amines) is 1. The number of nitrogens with one attached hydrogen (secondary N) is 3. The van der Waals surface area contributed by atoms with Crippen molar-refractivity contribution in [2.45, 2.75) is 39.2 Å². The molecule has 1 saturated heterocycles. The van der Waals surface area contributed by atoms with Crippen molar-refractivity contribution in [3.05, 3.63) is 53.7 Å². The number of anilines is 1. The van der Waals surface area contributed by atoms with Crippen molar-refractivity contribution >= 4 is 33.7 Å². The molecular weight excluding hydrogens is 464 g/mol. The molecule has 35 heavy (non-hydrogen) atoms. The number of aromatic nitrogens is 5. The first-order chi connectivity index (χ1) is 16.8. The monoisotopic (exact) mass is 492 g/mol. The summed E-state index contributed by atoms with van der Waals surface area (Å²) in [5, 5.41) is 17.2. The number of carbonyl (C=O) groups is 2. The fourth-order valence-corrected chi connectivity index (χ4v) is 5.44. The number of hydrogen-bond acceptors (Lipinski definition) is 7. The molecule has 2 amide bonds. The van der Waals surface area contributed by atoms with Crippen molar-refractivity contribution in [1.29, 1.82) is 0 Å². The lowest BCUT2D eigenvalue weighted by Crippen LogP contribution is -2.43. The van der Waals surface area contributed by atoms with Crippen molar-refractivity contribution in [2.75, 3.05) is 25.0 Å². The van der Waals surface area contributed by atoms with Crippen LogP contribution in [-0.2, 0) is 0 Å². The third-order valence-electron chi connectivity index (χ3n) is 6.53. The molecule has 0 unspecified atom stereocenters. The highest BCUT2D eigenvalue weighted by Gasteiger charge is 2.31. The molecule has 5 rings (SSSR count). The van der Waals surface area contributed by atoms with E-state index in [4.69, 9.17) is 0 Å². The van der Waals surface area contributed by atoms with Gasteiger partial charge < -0.3 is 10.6 Å². The van der Waals surface area contributed by atoms with Gasteiger partial charge in [0, 0.05) is 37.2 Å². The van der Waals surface area contributed by atoms with Gasteiger partial charge in [0.05, 0.1) is 33.6 Å². The Morgan fingerprint density at radius 2 is 2.11 bits per heavy atom. The number of thiazole rings is 1. The third-order valence-corrected chi connectivity index (χ3v) is 7.67. The van der Waals surface area contributed by atoms with E-state index < -0.39 is 0 Å². The second-order valence-corrected chi connectivity index (χ2v) is 10.4. The summed E-state index contributed by atoms with van der Waals surface area (Å²) in [6.07, 6.45) is 9.02. The van der Waals surface area contributed by atoms with Crippen molar-refractivity contribution < 1.29 is 9.59 Å². The van der Waals surface area contributed by atoms with E-state index in [1.807, 2.05) is 12.3 Å². The Balaban J connectivity index is 1.26. The molecule has 0 atom stereocenters. The first-order valence-electron chi connectivity index (χ1n) is 11.6. The molecule has 10 nitrogen and oxygen atoms in total. The van der Waals surface area contributed by atoms with Gasteiger partial charge in [-0.1, -0.05) is 0 Å². The SMILES string of the molecule is Cc1ncc(C(=O)NCCN2CCCC2(C)C)cc1NC(=O)c1cnn2cc(-c3cc[nH]n3)sc12. The Morgan fingerprint density at radius 3 is 2.86 bits per heavy atom. The summed E-state index contributed by atoms with van der Waals surface area (Å²) < 4.78 is 1.67. The highest BCUT2D eigenvalue weighted by atomic mass is 32.1. The quantitative estimate of drug-likeness (QED) is 0.364. The van der Waals surface area contributed by atoms with Crippen LogP contribution in [0.1, 0.15) is 53.1 Å². The van der Waals surface area contributed by atoms with Gasteiger partial charge in [0.2, 0.25) is 0 Å². The summed E-state index contributed by atoms with van der Waals surface area (Å²) >= 11 is 1.43. The fourth-order valence-electron chi connectivity index (χ4n) is 4.42. The number of H-pyrrole nitrogens is 1. The molecular formula is C24H28N8O2S. The standard InChI is InChI=1S/C24H28N8O2S/c1-15-19(11-16(12-26-15)21(33)25-8-10-31-9-4-6-24(31,2)3)29-22(34)17-13-28-32-14-20(35-23(17)32)18-5-7-27-30-18/h5,7,11-14H,4,6,8-10H2,1-3H3,(H,25,33)(H,27,30)(H,29,34). The van der Waals surface area contributed by atoms with Crippen LogP contribution in [0, 0.1) is 6.92 Å². The van der Waals surface area contributed by atoms with E-state index in [1.165, 1.54) is 36.6 Å². The lowest BCUT2D eigenvalue weighted by atomic mass is 10.0. The van der Waals surface area contributed by atoms with Crippen molar-refractivity contribution in [3.8, 4) is 10.6 Å². The molecule has 0 spiro atoms. The van der Waals surface area contributed by atoms with Crippen molar-refractivity contribution in [3.63, 3.8) is 0 Å². The van der Waals surface area contributed by atoms with Crippen molar-refractivity contribution in [1.82, 2.24) is 35.0 Å². The second-order valence-electron chi connectivity index (χ2n) is 9.33. The number of aryl methyl sites for hydroxylation is 1. The topological polar surface area (TPSA) is 120 Å². The molecule has 0 bridgehead atoms. The maximum atomic E-state index is 13.1. The van der Waals surface area contributed by atoms with Crippen LogP contribution < -0.4 is 10.6 Å². The summed E-state index contributed by atoms with van der Waals surface area (Å²) in [5.74, 6) is -0.519. The first kappa shape index (κ1) is 23.2. The summed E-state index contributed by atoms with van der Waals surface area (Å²) in [6.45, 7) is 8.69. The highest BCUT2D eigenvalue weighted by Crippen LogP contribution is 2.30. The van der Waals surface area contributed by atoms with Crippen LogP contribution in [0.4, 0.5) is 5.69 Å². The molecule has 1 aliphatic heterocycles. The zero-order valence-corrected chi connectivity index (χ0v) is 20.8. The van der Waals surface area contributed by atoms with Crippen molar-refractivity contribution in [2.24, 2.45) is 0 Å².